The van der Waals surface area contributed by atoms with Crippen molar-refractivity contribution >= 4 is 27.5 Å². The van der Waals surface area contributed by atoms with E-state index in [2.05, 4.69) is 15.1 Å². The average molecular weight is 260 g/mol. The topological polar surface area (TPSA) is 80.9 Å². The molecule has 0 saturated carbocycles. The van der Waals surface area contributed by atoms with Crippen LogP contribution in [0.3, 0.4) is 0 Å². The van der Waals surface area contributed by atoms with Crippen LogP contribution in [-0.4, -0.2) is 30.8 Å². The standard InChI is InChI=1S/C11H8N4O2S/c1-6-2-8-9(12-5-13-10(8)18-6)15-4-7(3-14-15)11(16)17/h2-5H,1H3,(H,16,17). The number of carboxylic acid groups (broad SMARTS) is 1. The Morgan fingerprint density at radius 3 is 3.00 bits per heavy atom. The number of carbonyl (C=O) groups is 1. The maximum atomic E-state index is 10.8. The van der Waals surface area contributed by atoms with E-state index in [9.17, 15) is 4.79 Å². The molecule has 0 amide bonds. The van der Waals surface area contributed by atoms with Gasteiger partial charge in [0.1, 0.15) is 11.2 Å². The Labute approximate surface area is 106 Å². The minimum absolute atomic E-state index is 0.133. The van der Waals surface area contributed by atoms with E-state index in [0.717, 1.165) is 15.1 Å². The maximum absolute atomic E-state index is 10.8. The molecule has 0 aliphatic carbocycles. The summed E-state index contributed by atoms with van der Waals surface area (Å²) in [6.07, 6.45) is 4.20. The van der Waals surface area contributed by atoms with Gasteiger partial charge in [-0.05, 0) is 13.0 Å². The lowest BCUT2D eigenvalue weighted by Crippen LogP contribution is -1.99. The second-order valence-corrected chi connectivity index (χ2v) is 4.99. The van der Waals surface area contributed by atoms with E-state index in [1.54, 1.807) is 11.3 Å². The molecule has 3 heterocycles. The first-order valence-corrected chi connectivity index (χ1v) is 5.96. The third-order valence-electron chi connectivity index (χ3n) is 2.48. The fourth-order valence-corrected chi connectivity index (χ4v) is 2.54. The van der Waals surface area contributed by atoms with E-state index in [1.807, 2.05) is 13.0 Å². The van der Waals surface area contributed by atoms with E-state index >= 15 is 0 Å². The number of aryl methyl sites for hydroxylation is 1. The molecule has 0 unspecified atom stereocenters. The minimum atomic E-state index is -1.01. The van der Waals surface area contributed by atoms with Gasteiger partial charge >= 0.3 is 5.97 Å². The number of rotatable bonds is 2. The maximum Gasteiger partial charge on any atom is 0.338 e. The minimum Gasteiger partial charge on any atom is -0.478 e. The average Bonchev–Trinajstić information content (AvgIpc) is 2.92. The van der Waals surface area contributed by atoms with Crippen LogP contribution in [0.25, 0.3) is 16.0 Å². The molecule has 0 aromatic carbocycles. The lowest BCUT2D eigenvalue weighted by Gasteiger charge is -2.00. The van der Waals surface area contributed by atoms with Crippen molar-refractivity contribution in [1.82, 2.24) is 19.7 Å². The van der Waals surface area contributed by atoms with Gasteiger partial charge in [0.2, 0.25) is 0 Å². The summed E-state index contributed by atoms with van der Waals surface area (Å²) in [5.74, 6) is -0.412. The second kappa shape index (κ2) is 3.88. The fraction of sp³-hybridized carbons (Fsp3) is 0.0909. The van der Waals surface area contributed by atoms with Gasteiger partial charge in [-0.3, -0.25) is 0 Å². The summed E-state index contributed by atoms with van der Waals surface area (Å²) in [4.78, 5) is 21.2. The molecule has 0 saturated heterocycles. The van der Waals surface area contributed by atoms with Crippen molar-refractivity contribution in [2.24, 2.45) is 0 Å². The zero-order valence-electron chi connectivity index (χ0n) is 9.36. The zero-order chi connectivity index (χ0) is 12.7. The number of aromatic nitrogens is 4. The first-order chi connectivity index (χ1) is 8.65. The molecule has 0 bridgehead atoms. The summed E-state index contributed by atoms with van der Waals surface area (Å²) in [5.41, 5.74) is 0.133. The molecule has 0 atom stereocenters. The lowest BCUT2D eigenvalue weighted by molar-refractivity contribution is 0.0697. The Bertz CT molecular complexity index is 746. The largest absolute Gasteiger partial charge is 0.478 e. The molecule has 0 aliphatic heterocycles. The van der Waals surface area contributed by atoms with Crippen molar-refractivity contribution in [2.45, 2.75) is 6.92 Å². The third kappa shape index (κ3) is 1.65. The molecule has 0 aliphatic rings. The van der Waals surface area contributed by atoms with Gasteiger partial charge in [0.25, 0.3) is 0 Å². The summed E-state index contributed by atoms with van der Waals surface area (Å²) in [6, 6.07) is 1.97. The van der Waals surface area contributed by atoms with Gasteiger partial charge in [0.05, 0.1) is 17.1 Å². The van der Waals surface area contributed by atoms with Gasteiger partial charge < -0.3 is 5.11 Å². The SMILES string of the molecule is Cc1cc2c(-n3cc(C(=O)O)cn3)ncnc2s1. The number of nitrogens with zero attached hydrogens (tertiary/aromatic N) is 4. The van der Waals surface area contributed by atoms with E-state index in [1.165, 1.54) is 23.4 Å². The smallest absolute Gasteiger partial charge is 0.338 e. The van der Waals surface area contributed by atoms with Crippen molar-refractivity contribution in [3.05, 3.63) is 35.2 Å². The quantitative estimate of drug-likeness (QED) is 0.760. The highest BCUT2D eigenvalue weighted by atomic mass is 32.1. The number of hydrogen-bond acceptors (Lipinski definition) is 5. The van der Waals surface area contributed by atoms with Crippen LogP contribution in [0.5, 0.6) is 0 Å². The van der Waals surface area contributed by atoms with Gasteiger partial charge in [-0.1, -0.05) is 0 Å². The summed E-state index contributed by atoms with van der Waals surface area (Å²) in [6.45, 7) is 1.99. The molecule has 0 spiro atoms. The van der Waals surface area contributed by atoms with Gasteiger partial charge in [0, 0.05) is 11.1 Å². The summed E-state index contributed by atoms with van der Waals surface area (Å²) >= 11 is 1.57. The van der Waals surface area contributed by atoms with Gasteiger partial charge in [-0.25, -0.2) is 19.4 Å². The Balaban J connectivity index is 2.21. The van der Waals surface area contributed by atoms with E-state index in [0.29, 0.717) is 5.82 Å². The first-order valence-electron chi connectivity index (χ1n) is 5.14. The highest BCUT2D eigenvalue weighted by Gasteiger charge is 2.12. The van der Waals surface area contributed by atoms with Gasteiger partial charge in [-0.15, -0.1) is 11.3 Å². The van der Waals surface area contributed by atoms with Crippen LogP contribution in [0.2, 0.25) is 0 Å². The lowest BCUT2D eigenvalue weighted by atomic mass is 10.3. The predicted octanol–water partition coefficient (Wildman–Crippen LogP) is 1.88. The molecule has 18 heavy (non-hydrogen) atoms. The summed E-state index contributed by atoms with van der Waals surface area (Å²) < 4.78 is 1.46. The van der Waals surface area contributed by atoms with E-state index in [4.69, 9.17) is 5.11 Å². The third-order valence-corrected chi connectivity index (χ3v) is 3.44. The number of thiophene rings is 1. The summed E-state index contributed by atoms with van der Waals surface area (Å²) in [7, 11) is 0. The highest BCUT2D eigenvalue weighted by molar-refractivity contribution is 7.18. The molecule has 6 nitrogen and oxygen atoms in total. The van der Waals surface area contributed by atoms with Gasteiger partial charge in [0.15, 0.2) is 5.82 Å². The molecule has 1 N–H and O–H groups in total. The zero-order valence-corrected chi connectivity index (χ0v) is 10.2. The molecule has 3 rings (SSSR count). The fourth-order valence-electron chi connectivity index (χ4n) is 1.70. The molecule has 3 aromatic rings. The summed E-state index contributed by atoms with van der Waals surface area (Å²) in [5, 5.41) is 13.8. The Morgan fingerprint density at radius 1 is 1.44 bits per heavy atom. The van der Waals surface area contributed by atoms with Crippen LogP contribution >= 0.6 is 11.3 Å². The van der Waals surface area contributed by atoms with Crippen LogP contribution in [0.4, 0.5) is 0 Å². The number of fused-ring (bicyclic) bond motifs is 1. The van der Waals surface area contributed by atoms with Crippen LogP contribution in [-0.2, 0) is 0 Å². The van der Waals surface area contributed by atoms with Crippen LogP contribution in [0.15, 0.2) is 24.8 Å². The Morgan fingerprint density at radius 2 is 2.28 bits per heavy atom. The van der Waals surface area contributed by atoms with Crippen LogP contribution in [0.1, 0.15) is 15.2 Å². The van der Waals surface area contributed by atoms with E-state index in [-0.39, 0.29) is 5.56 Å². The second-order valence-electron chi connectivity index (χ2n) is 3.75. The van der Waals surface area contributed by atoms with Crippen molar-refractivity contribution in [3.63, 3.8) is 0 Å². The van der Waals surface area contributed by atoms with Crippen LogP contribution in [0, 0.1) is 6.92 Å². The number of hydrogen-bond donors (Lipinski definition) is 1. The molecule has 0 radical (unpaired) electrons. The van der Waals surface area contributed by atoms with Gasteiger partial charge in [-0.2, -0.15) is 5.10 Å². The normalized spacial score (nSPS) is 10.9. The van der Waals surface area contributed by atoms with Crippen molar-refractivity contribution in [3.8, 4) is 5.82 Å². The monoisotopic (exact) mass is 260 g/mol. The molecular weight excluding hydrogens is 252 g/mol. The Hall–Kier alpha value is -2.28. The molecular formula is C11H8N4O2S. The molecule has 3 aromatic heterocycles. The van der Waals surface area contributed by atoms with E-state index < -0.39 is 5.97 Å². The van der Waals surface area contributed by atoms with Crippen molar-refractivity contribution < 1.29 is 9.90 Å². The molecule has 0 fully saturated rings. The highest BCUT2D eigenvalue weighted by Crippen LogP contribution is 2.26. The Kier molecular flexibility index (Phi) is 2.34. The first kappa shape index (κ1) is 10.8. The van der Waals surface area contributed by atoms with Crippen molar-refractivity contribution in [1.29, 1.82) is 0 Å². The predicted molar refractivity (Wildman–Crippen MR) is 66.2 cm³/mol. The number of carboxylic acids is 1. The van der Waals surface area contributed by atoms with Crippen molar-refractivity contribution in [2.75, 3.05) is 0 Å². The molecule has 7 heteroatoms. The molecule has 90 valence electrons. The number of aromatic carboxylic acids is 1. The van der Waals surface area contributed by atoms with Crippen LogP contribution < -0.4 is 0 Å².